The van der Waals surface area contributed by atoms with E-state index in [0.29, 0.717) is 29.1 Å². The van der Waals surface area contributed by atoms with E-state index < -0.39 is 0 Å². The molecule has 3 aromatic rings. The summed E-state index contributed by atoms with van der Waals surface area (Å²) in [6.45, 7) is 6.70. The third-order valence-corrected chi connectivity index (χ3v) is 6.14. The number of piperazine rings is 1. The number of fused-ring (bicyclic) bond motifs is 2. The van der Waals surface area contributed by atoms with Crippen molar-refractivity contribution in [2.24, 2.45) is 0 Å². The summed E-state index contributed by atoms with van der Waals surface area (Å²) in [5, 5.41) is 16.2. The van der Waals surface area contributed by atoms with E-state index >= 15 is 0 Å². The van der Waals surface area contributed by atoms with Gasteiger partial charge in [-0.2, -0.15) is 0 Å². The van der Waals surface area contributed by atoms with Crippen LogP contribution in [0.15, 0.2) is 42.5 Å². The molecule has 2 aliphatic rings. The molecule has 2 aromatic heterocycles. The van der Waals surface area contributed by atoms with Crippen molar-refractivity contribution in [1.29, 1.82) is 0 Å². The van der Waals surface area contributed by atoms with Crippen LogP contribution in [0.4, 0.5) is 5.82 Å². The quantitative estimate of drug-likeness (QED) is 0.345. The summed E-state index contributed by atoms with van der Waals surface area (Å²) in [6, 6.07) is 12.7. The Labute approximate surface area is 185 Å². The number of anilines is 1. The highest BCUT2D eigenvalue weighted by Crippen LogP contribution is 2.25. The first kappa shape index (κ1) is 20.3. The molecule has 9 heteroatoms. The molecule has 1 fully saturated rings. The van der Waals surface area contributed by atoms with E-state index in [0.717, 1.165) is 44.2 Å². The maximum atomic E-state index is 13.0. The summed E-state index contributed by atoms with van der Waals surface area (Å²) in [5.41, 5.74) is 1.68. The molecule has 164 valence electrons. The number of carbonyl (C=O) groups is 2. The molecule has 1 aliphatic heterocycles. The van der Waals surface area contributed by atoms with Crippen LogP contribution in [-0.4, -0.2) is 64.0 Å². The van der Waals surface area contributed by atoms with Crippen LogP contribution in [0.2, 0.25) is 0 Å². The summed E-state index contributed by atoms with van der Waals surface area (Å²) in [7, 11) is 0. The third kappa shape index (κ3) is 3.54. The largest absolute Gasteiger partial charge is 0.571 e. The van der Waals surface area contributed by atoms with Crippen LogP contribution in [0.25, 0.3) is 0 Å². The Morgan fingerprint density at radius 2 is 1.66 bits per heavy atom. The molecule has 1 aromatic carbocycles. The van der Waals surface area contributed by atoms with Crippen LogP contribution < -0.4 is 9.86 Å². The van der Waals surface area contributed by atoms with Crippen LogP contribution in [0.3, 0.4) is 0 Å². The van der Waals surface area contributed by atoms with Crippen molar-refractivity contribution in [3.63, 3.8) is 0 Å². The van der Waals surface area contributed by atoms with Crippen molar-refractivity contribution >= 4 is 17.4 Å². The molecule has 1 aliphatic carbocycles. The van der Waals surface area contributed by atoms with E-state index in [2.05, 4.69) is 19.9 Å². The van der Waals surface area contributed by atoms with Crippen LogP contribution in [0, 0.1) is 12.1 Å². The normalized spacial score (nSPS) is 16.2. The van der Waals surface area contributed by atoms with Crippen LogP contribution in [0.1, 0.15) is 44.2 Å². The number of benzene rings is 1. The van der Waals surface area contributed by atoms with Crippen molar-refractivity contribution in [2.45, 2.75) is 19.9 Å². The lowest BCUT2D eigenvalue weighted by Crippen LogP contribution is -2.47. The number of aromatic nitrogens is 4. The molecule has 0 spiro atoms. The lowest BCUT2D eigenvalue weighted by Gasteiger charge is -2.35. The van der Waals surface area contributed by atoms with Gasteiger partial charge < -0.3 is 10.1 Å². The van der Waals surface area contributed by atoms with Crippen molar-refractivity contribution in [1.82, 2.24) is 19.7 Å². The number of nitrogens with zero attached hydrogens (tertiary/aromatic N) is 6. The number of rotatable bonds is 5. The Morgan fingerprint density at radius 3 is 2.38 bits per heavy atom. The predicted molar refractivity (Wildman–Crippen MR) is 117 cm³/mol. The van der Waals surface area contributed by atoms with Crippen LogP contribution >= 0.6 is 0 Å². The second kappa shape index (κ2) is 8.16. The summed E-state index contributed by atoms with van der Waals surface area (Å²) in [6.07, 6.45) is 0.677. The van der Waals surface area contributed by atoms with Gasteiger partial charge in [0.25, 0.3) is 0 Å². The smallest absolute Gasteiger partial charge is 0.220 e. The molecule has 0 bridgehead atoms. The van der Waals surface area contributed by atoms with Gasteiger partial charge in [0.15, 0.2) is 5.69 Å². The maximum absolute atomic E-state index is 13.0. The zero-order chi connectivity index (χ0) is 22.2. The first-order chi connectivity index (χ1) is 15.5. The zero-order valence-electron chi connectivity index (χ0n) is 17.9. The Morgan fingerprint density at radius 1 is 0.938 bits per heavy atom. The predicted octanol–water partition coefficient (Wildman–Crippen LogP) is 1.21. The van der Waals surface area contributed by atoms with E-state index in [4.69, 9.17) is 0 Å². The van der Waals surface area contributed by atoms with Gasteiger partial charge in [-0.3, -0.25) is 14.5 Å². The molecular formula is C23H24N6O3. The molecule has 0 radical (unpaired) electrons. The number of ketones is 2. The van der Waals surface area contributed by atoms with Gasteiger partial charge in [-0.15, -0.1) is 4.68 Å². The van der Waals surface area contributed by atoms with Gasteiger partial charge in [-0.25, -0.2) is 4.98 Å². The van der Waals surface area contributed by atoms with Gasteiger partial charge in [0.05, 0.1) is 6.54 Å². The second-order valence-corrected chi connectivity index (χ2v) is 8.20. The van der Waals surface area contributed by atoms with Gasteiger partial charge in [0.1, 0.15) is 5.82 Å². The Hall–Kier alpha value is -3.59. The highest BCUT2D eigenvalue weighted by Gasteiger charge is 2.39. The first-order valence-electron chi connectivity index (χ1n) is 10.8. The molecule has 1 saturated heterocycles. The highest BCUT2D eigenvalue weighted by atomic mass is 16.5. The van der Waals surface area contributed by atoms with E-state index in [1.54, 1.807) is 24.3 Å². The summed E-state index contributed by atoms with van der Waals surface area (Å²) in [5.74, 6) is 0.307. The van der Waals surface area contributed by atoms with E-state index in [1.807, 2.05) is 25.1 Å². The van der Waals surface area contributed by atoms with Gasteiger partial charge in [0, 0.05) is 59.6 Å². The molecule has 5 rings (SSSR count). The minimum atomic E-state index is -0.376. The van der Waals surface area contributed by atoms with Crippen LogP contribution in [-0.2, 0) is 6.54 Å². The number of hydrogen-bond acceptors (Lipinski definition) is 7. The summed E-state index contributed by atoms with van der Waals surface area (Å²) in [4.78, 5) is 35.3. The van der Waals surface area contributed by atoms with Crippen molar-refractivity contribution in [3.05, 3.63) is 75.9 Å². The number of pyridine rings is 1. The van der Waals surface area contributed by atoms with Gasteiger partial charge in [-0.05, 0) is 25.5 Å². The highest BCUT2D eigenvalue weighted by molar-refractivity contribution is 6.26. The van der Waals surface area contributed by atoms with Crippen molar-refractivity contribution in [3.8, 4) is 0 Å². The molecular weight excluding hydrogens is 408 g/mol. The molecule has 0 amide bonds. The zero-order valence-corrected chi connectivity index (χ0v) is 17.9. The monoisotopic (exact) mass is 432 g/mol. The molecule has 0 N–H and O–H groups in total. The summed E-state index contributed by atoms with van der Waals surface area (Å²) >= 11 is 0. The fourth-order valence-electron chi connectivity index (χ4n) is 4.45. The molecule has 0 saturated carbocycles. The molecule has 0 unspecified atom stereocenters. The Bertz CT molecular complexity index is 1200. The number of carbonyl (C=O) groups excluding carboxylic acids is 2. The molecule has 3 heterocycles. The SMILES string of the molecule is Cc1cccc(N2CCN(CCCn3c4c(n[n+]3[O-])C(=O)c3ccccc3C4=O)CC2)n1. The average Bonchev–Trinajstić information content (AvgIpc) is 3.14. The summed E-state index contributed by atoms with van der Waals surface area (Å²) < 4.78 is 1.29. The minimum Gasteiger partial charge on any atom is -0.571 e. The second-order valence-electron chi connectivity index (χ2n) is 8.20. The fraction of sp³-hybridized carbons (Fsp3) is 0.348. The topological polar surface area (TPSA) is 98.3 Å². The lowest BCUT2D eigenvalue weighted by molar-refractivity contribution is -0.749. The van der Waals surface area contributed by atoms with Gasteiger partial charge >= 0.3 is 0 Å². The Balaban J connectivity index is 1.22. The van der Waals surface area contributed by atoms with Crippen LogP contribution in [0.5, 0.6) is 0 Å². The number of aryl methyl sites for hydroxylation is 1. The molecule has 9 nitrogen and oxygen atoms in total. The maximum Gasteiger partial charge on any atom is 0.220 e. The Kier molecular flexibility index (Phi) is 5.18. The molecule has 0 atom stereocenters. The van der Waals surface area contributed by atoms with Crippen molar-refractivity contribution < 1.29 is 14.5 Å². The van der Waals surface area contributed by atoms with E-state index in [1.165, 1.54) is 4.68 Å². The molecule has 32 heavy (non-hydrogen) atoms. The lowest BCUT2D eigenvalue weighted by atomic mass is 9.90. The van der Waals surface area contributed by atoms with E-state index in [-0.39, 0.29) is 23.0 Å². The standard InChI is InChI=1S/C23H24N6O3/c1-16-6-4-9-19(24-16)27-14-12-26(13-15-27)10-5-11-28-21-20(25-29(28)32)22(30)17-7-2-3-8-18(17)23(21)31/h2-4,6-9H,5,10-15H2,1H3. The van der Waals surface area contributed by atoms with Crippen molar-refractivity contribution in [2.75, 3.05) is 37.6 Å². The third-order valence-electron chi connectivity index (χ3n) is 6.14. The fourth-order valence-corrected chi connectivity index (χ4v) is 4.45. The van der Waals surface area contributed by atoms with Gasteiger partial charge in [-0.1, -0.05) is 30.3 Å². The first-order valence-corrected chi connectivity index (χ1v) is 10.8. The average molecular weight is 432 g/mol. The number of hydrogen-bond donors (Lipinski definition) is 0. The van der Waals surface area contributed by atoms with Gasteiger partial charge in [0.2, 0.25) is 17.3 Å². The minimum absolute atomic E-state index is 0.0528. The van der Waals surface area contributed by atoms with E-state index in [9.17, 15) is 14.8 Å².